The number of aryl methyl sites for hydroxylation is 1. The van der Waals surface area contributed by atoms with Crippen molar-refractivity contribution < 1.29 is 0 Å². The molecule has 1 rings (SSSR count). The molecule has 3 N–H and O–H groups in total. The van der Waals surface area contributed by atoms with Crippen molar-refractivity contribution in [1.29, 1.82) is 0 Å². The van der Waals surface area contributed by atoms with Gasteiger partial charge in [0.2, 0.25) is 0 Å². The van der Waals surface area contributed by atoms with Gasteiger partial charge in [0, 0.05) is 18.0 Å². The summed E-state index contributed by atoms with van der Waals surface area (Å²) in [6, 6.07) is 0.404. The number of nitrogen functional groups attached to an aromatic ring is 1. The molecule has 1 heterocycles. The second kappa shape index (κ2) is 7.46. The van der Waals surface area contributed by atoms with Gasteiger partial charge < -0.3 is 11.1 Å². The fourth-order valence-electron chi connectivity index (χ4n) is 1.59. The lowest BCUT2D eigenvalue weighted by atomic mass is 10.2. The van der Waals surface area contributed by atoms with Gasteiger partial charge in [0.15, 0.2) is 0 Å². The van der Waals surface area contributed by atoms with Gasteiger partial charge in [-0.15, -0.1) is 0 Å². The van der Waals surface area contributed by atoms with Crippen LogP contribution in [-0.2, 0) is 6.42 Å². The van der Waals surface area contributed by atoms with Crippen molar-refractivity contribution in [3.8, 4) is 0 Å². The van der Waals surface area contributed by atoms with Crippen LogP contribution in [-0.4, -0.2) is 27.5 Å². The molecule has 18 heavy (non-hydrogen) atoms. The zero-order valence-electron chi connectivity index (χ0n) is 11.8. The van der Waals surface area contributed by atoms with Crippen molar-refractivity contribution >= 4 is 23.4 Å². The number of nitrogens with two attached hydrogens (primary N) is 1. The van der Waals surface area contributed by atoms with Gasteiger partial charge in [-0.2, -0.15) is 11.8 Å². The smallest absolute Gasteiger partial charge is 0.134 e. The van der Waals surface area contributed by atoms with E-state index in [1.807, 2.05) is 25.6 Å². The molecule has 0 aliphatic rings. The lowest BCUT2D eigenvalue weighted by Crippen LogP contribution is -2.19. The van der Waals surface area contributed by atoms with E-state index in [1.54, 1.807) is 0 Å². The van der Waals surface area contributed by atoms with Crippen LogP contribution in [0.4, 0.5) is 11.6 Å². The van der Waals surface area contributed by atoms with Crippen molar-refractivity contribution in [2.45, 2.75) is 46.6 Å². The van der Waals surface area contributed by atoms with Gasteiger partial charge in [0.1, 0.15) is 17.5 Å². The van der Waals surface area contributed by atoms with Gasteiger partial charge >= 0.3 is 0 Å². The Morgan fingerprint density at radius 2 is 2.06 bits per heavy atom. The maximum atomic E-state index is 5.90. The second-order valence-electron chi connectivity index (χ2n) is 4.38. The molecule has 1 atom stereocenters. The standard InChI is InChI=1S/C13H24N4S/c1-5-11-16-12(14)10(4)13(17-11)15-9(3)7-8-18-6-2/h9H,5-8H2,1-4H3,(H3,14,15,16,17). The summed E-state index contributed by atoms with van der Waals surface area (Å²) in [5.41, 5.74) is 6.85. The molecule has 4 nitrogen and oxygen atoms in total. The summed E-state index contributed by atoms with van der Waals surface area (Å²) in [6.45, 7) is 8.37. The highest BCUT2D eigenvalue weighted by atomic mass is 32.2. The van der Waals surface area contributed by atoms with Crippen LogP contribution >= 0.6 is 11.8 Å². The molecule has 0 radical (unpaired) electrons. The number of nitrogens with one attached hydrogen (secondary N) is 1. The molecule has 0 aromatic carbocycles. The molecule has 0 saturated heterocycles. The monoisotopic (exact) mass is 268 g/mol. The number of hydrogen-bond donors (Lipinski definition) is 2. The molecule has 0 spiro atoms. The first-order chi connectivity index (χ1) is 8.58. The summed E-state index contributed by atoms with van der Waals surface area (Å²) in [5.74, 6) is 4.61. The molecule has 1 aromatic heterocycles. The van der Waals surface area contributed by atoms with Crippen molar-refractivity contribution in [1.82, 2.24) is 9.97 Å². The minimum Gasteiger partial charge on any atom is -0.383 e. The lowest BCUT2D eigenvalue weighted by Gasteiger charge is -2.17. The molecule has 0 aliphatic carbocycles. The topological polar surface area (TPSA) is 63.8 Å². The van der Waals surface area contributed by atoms with Crippen LogP contribution in [0, 0.1) is 6.92 Å². The zero-order chi connectivity index (χ0) is 13.5. The van der Waals surface area contributed by atoms with Crippen LogP contribution in [0.1, 0.15) is 38.6 Å². The summed E-state index contributed by atoms with van der Waals surface area (Å²) < 4.78 is 0. The highest BCUT2D eigenvalue weighted by molar-refractivity contribution is 7.99. The Hall–Kier alpha value is -0.970. The molecule has 1 aromatic rings. The van der Waals surface area contributed by atoms with Gasteiger partial charge in [0.05, 0.1) is 0 Å². The fraction of sp³-hybridized carbons (Fsp3) is 0.692. The van der Waals surface area contributed by atoms with E-state index in [0.29, 0.717) is 11.9 Å². The van der Waals surface area contributed by atoms with Crippen molar-refractivity contribution in [2.24, 2.45) is 0 Å². The number of anilines is 2. The Labute approximate surface area is 114 Å². The minimum absolute atomic E-state index is 0.404. The highest BCUT2D eigenvalue weighted by Crippen LogP contribution is 2.19. The first-order valence-corrected chi connectivity index (χ1v) is 7.71. The van der Waals surface area contributed by atoms with Crippen LogP contribution in [0.3, 0.4) is 0 Å². The first-order valence-electron chi connectivity index (χ1n) is 6.55. The van der Waals surface area contributed by atoms with E-state index in [9.17, 15) is 0 Å². The Bertz CT molecular complexity index is 381. The average molecular weight is 268 g/mol. The molecule has 0 aliphatic heterocycles. The molecule has 102 valence electrons. The molecular weight excluding hydrogens is 244 g/mol. The van der Waals surface area contributed by atoms with Crippen molar-refractivity contribution in [2.75, 3.05) is 22.6 Å². The summed E-state index contributed by atoms with van der Waals surface area (Å²) in [5, 5.41) is 3.44. The second-order valence-corrected chi connectivity index (χ2v) is 5.78. The Morgan fingerprint density at radius 1 is 1.33 bits per heavy atom. The number of aromatic nitrogens is 2. The predicted molar refractivity (Wildman–Crippen MR) is 81.3 cm³/mol. The lowest BCUT2D eigenvalue weighted by molar-refractivity contribution is 0.761. The van der Waals surface area contributed by atoms with E-state index in [1.165, 1.54) is 11.5 Å². The Balaban J connectivity index is 2.68. The predicted octanol–water partition coefficient (Wildman–Crippen LogP) is 2.87. The van der Waals surface area contributed by atoms with Gasteiger partial charge in [-0.3, -0.25) is 0 Å². The largest absolute Gasteiger partial charge is 0.383 e. The van der Waals surface area contributed by atoms with Crippen LogP contribution in [0.25, 0.3) is 0 Å². The SMILES string of the molecule is CCSCCC(C)Nc1nc(CC)nc(N)c1C. The third-order valence-electron chi connectivity index (χ3n) is 2.83. The van der Waals surface area contributed by atoms with Gasteiger partial charge in [-0.25, -0.2) is 9.97 Å². The highest BCUT2D eigenvalue weighted by Gasteiger charge is 2.10. The number of rotatable bonds is 7. The normalized spacial score (nSPS) is 12.4. The molecule has 0 fully saturated rings. The number of nitrogens with zero attached hydrogens (tertiary/aromatic N) is 2. The first kappa shape index (κ1) is 15.1. The zero-order valence-corrected chi connectivity index (χ0v) is 12.6. The maximum Gasteiger partial charge on any atom is 0.134 e. The van der Waals surface area contributed by atoms with Crippen LogP contribution < -0.4 is 11.1 Å². The quantitative estimate of drug-likeness (QED) is 0.744. The molecule has 5 heteroatoms. The van der Waals surface area contributed by atoms with Gasteiger partial charge in [0.25, 0.3) is 0 Å². The number of hydrogen-bond acceptors (Lipinski definition) is 5. The molecule has 1 unspecified atom stereocenters. The van der Waals surface area contributed by atoms with E-state index in [0.717, 1.165) is 30.0 Å². The van der Waals surface area contributed by atoms with Gasteiger partial charge in [-0.1, -0.05) is 13.8 Å². The summed E-state index contributed by atoms with van der Waals surface area (Å²) in [7, 11) is 0. The van der Waals surface area contributed by atoms with E-state index >= 15 is 0 Å². The summed E-state index contributed by atoms with van der Waals surface area (Å²) in [6.07, 6.45) is 1.93. The van der Waals surface area contributed by atoms with Crippen molar-refractivity contribution in [3.05, 3.63) is 11.4 Å². The van der Waals surface area contributed by atoms with Crippen molar-refractivity contribution in [3.63, 3.8) is 0 Å². The Kier molecular flexibility index (Phi) is 6.25. The van der Waals surface area contributed by atoms with E-state index in [2.05, 4.69) is 29.1 Å². The molecule has 0 bridgehead atoms. The number of thioether (sulfide) groups is 1. The van der Waals surface area contributed by atoms with E-state index in [-0.39, 0.29) is 0 Å². The third-order valence-corrected chi connectivity index (χ3v) is 3.76. The minimum atomic E-state index is 0.404. The van der Waals surface area contributed by atoms with Gasteiger partial charge in [-0.05, 0) is 31.8 Å². The molecular formula is C13H24N4S. The van der Waals surface area contributed by atoms with E-state index < -0.39 is 0 Å². The molecule has 0 saturated carbocycles. The fourth-order valence-corrected chi connectivity index (χ4v) is 2.40. The Morgan fingerprint density at radius 3 is 2.67 bits per heavy atom. The average Bonchev–Trinajstić information content (AvgIpc) is 2.35. The van der Waals surface area contributed by atoms with E-state index in [4.69, 9.17) is 5.73 Å². The molecule has 0 amide bonds. The van der Waals surface area contributed by atoms with Crippen LogP contribution in [0.15, 0.2) is 0 Å². The summed E-state index contributed by atoms with van der Waals surface area (Å²) >= 11 is 1.96. The third kappa shape index (κ3) is 4.37. The van der Waals surface area contributed by atoms with Crippen LogP contribution in [0.5, 0.6) is 0 Å². The van der Waals surface area contributed by atoms with Crippen LogP contribution in [0.2, 0.25) is 0 Å². The maximum absolute atomic E-state index is 5.90. The summed E-state index contributed by atoms with van der Waals surface area (Å²) in [4.78, 5) is 8.77.